The Hall–Kier alpha value is -1.68. The van der Waals surface area contributed by atoms with E-state index in [4.69, 9.17) is 4.74 Å². The summed E-state index contributed by atoms with van der Waals surface area (Å²) in [5.41, 5.74) is 2.68. The van der Waals surface area contributed by atoms with Crippen LogP contribution in [-0.4, -0.2) is 24.1 Å². The normalized spacial score (nSPS) is 10.5. The first-order valence-electron chi connectivity index (χ1n) is 4.76. The van der Waals surface area contributed by atoms with Crippen molar-refractivity contribution in [2.45, 2.75) is 6.61 Å². The Morgan fingerprint density at radius 1 is 1.33 bits per heavy atom. The molecule has 0 aliphatic carbocycles. The average Bonchev–Trinajstić information content (AvgIpc) is 2.28. The zero-order valence-corrected chi connectivity index (χ0v) is 8.82. The van der Waals surface area contributed by atoms with E-state index in [0.29, 0.717) is 6.61 Å². The maximum absolute atomic E-state index is 5.03. The van der Waals surface area contributed by atoms with Crippen LogP contribution in [0, 0.1) is 0 Å². The quantitative estimate of drug-likeness (QED) is 0.826. The van der Waals surface area contributed by atoms with Gasteiger partial charge in [0.1, 0.15) is 0 Å². The molecule has 0 unspecified atom stereocenters. The smallest absolute Gasteiger partial charge is 0.161 e. The largest absolute Gasteiger partial charge is 0.387 e. The van der Waals surface area contributed by atoms with Gasteiger partial charge in [0.15, 0.2) is 5.65 Å². The maximum Gasteiger partial charge on any atom is 0.161 e. The predicted octanol–water partition coefficient (Wildman–Crippen LogP) is 1.82. The third kappa shape index (κ3) is 1.89. The molecule has 2 heterocycles. The molecule has 0 amide bonds. The molecular weight excluding hydrogens is 190 g/mol. The van der Waals surface area contributed by atoms with Crippen LogP contribution in [0.25, 0.3) is 11.0 Å². The number of nitrogens with zero attached hydrogens (tertiary/aromatic N) is 2. The van der Waals surface area contributed by atoms with Crippen molar-refractivity contribution in [2.75, 3.05) is 19.5 Å². The number of nitrogens with one attached hydrogen (secondary N) is 1. The molecule has 2 rings (SSSR count). The monoisotopic (exact) mass is 203 g/mol. The van der Waals surface area contributed by atoms with Gasteiger partial charge in [-0.2, -0.15) is 0 Å². The second-order valence-corrected chi connectivity index (χ2v) is 3.22. The molecule has 1 N–H and O–H groups in total. The van der Waals surface area contributed by atoms with Crippen LogP contribution in [-0.2, 0) is 11.3 Å². The fourth-order valence-corrected chi connectivity index (χ4v) is 1.51. The Bertz CT molecular complexity index is 470. The number of anilines is 1. The number of rotatable bonds is 3. The zero-order chi connectivity index (χ0) is 10.7. The van der Waals surface area contributed by atoms with Gasteiger partial charge in [0.25, 0.3) is 0 Å². The van der Waals surface area contributed by atoms with Crippen molar-refractivity contribution >= 4 is 16.7 Å². The Labute approximate surface area is 88.3 Å². The maximum atomic E-state index is 5.03. The lowest BCUT2D eigenvalue weighted by molar-refractivity contribution is 0.182. The number of pyridine rings is 2. The first kappa shape index (κ1) is 9.86. The lowest BCUT2D eigenvalue weighted by Crippen LogP contribution is -1.96. The number of hydrogen-bond donors (Lipinski definition) is 1. The van der Waals surface area contributed by atoms with Crippen LogP contribution < -0.4 is 5.32 Å². The molecule has 0 spiro atoms. The van der Waals surface area contributed by atoms with Crippen molar-refractivity contribution in [1.29, 1.82) is 0 Å². The Kier molecular flexibility index (Phi) is 2.78. The van der Waals surface area contributed by atoms with Crippen molar-refractivity contribution in [3.8, 4) is 0 Å². The summed E-state index contributed by atoms with van der Waals surface area (Å²) in [5.74, 6) is 0. The summed E-state index contributed by atoms with van der Waals surface area (Å²) in [4.78, 5) is 8.62. The lowest BCUT2D eigenvalue weighted by Gasteiger charge is -2.05. The second-order valence-electron chi connectivity index (χ2n) is 3.22. The summed E-state index contributed by atoms with van der Waals surface area (Å²) in [6.45, 7) is 0.515. The highest BCUT2D eigenvalue weighted by Gasteiger charge is 2.02. The minimum atomic E-state index is 0.515. The van der Waals surface area contributed by atoms with Gasteiger partial charge in [-0.25, -0.2) is 9.97 Å². The summed E-state index contributed by atoms with van der Waals surface area (Å²) in [7, 11) is 3.54. The fourth-order valence-electron chi connectivity index (χ4n) is 1.51. The van der Waals surface area contributed by atoms with Crippen molar-refractivity contribution in [1.82, 2.24) is 9.97 Å². The highest BCUT2D eigenvalue weighted by Crippen LogP contribution is 2.19. The molecule has 0 bridgehead atoms. The molecular formula is C11H13N3O. The van der Waals surface area contributed by atoms with Gasteiger partial charge in [0.05, 0.1) is 12.3 Å². The number of hydrogen-bond acceptors (Lipinski definition) is 4. The molecule has 0 aliphatic rings. The topological polar surface area (TPSA) is 47.0 Å². The highest BCUT2D eigenvalue weighted by atomic mass is 16.5. The van der Waals surface area contributed by atoms with Gasteiger partial charge in [-0.3, -0.25) is 0 Å². The molecule has 0 atom stereocenters. The van der Waals surface area contributed by atoms with E-state index in [2.05, 4.69) is 15.3 Å². The van der Waals surface area contributed by atoms with Crippen LogP contribution in [0.5, 0.6) is 0 Å². The summed E-state index contributed by atoms with van der Waals surface area (Å²) >= 11 is 0. The minimum absolute atomic E-state index is 0.515. The van der Waals surface area contributed by atoms with Gasteiger partial charge in [-0.05, 0) is 18.2 Å². The standard InChI is InChI=1S/C11H13N3O/c1-12-10-5-6-13-11-9(10)4-3-8(14-11)7-15-2/h3-6H,7H2,1-2H3,(H,12,13,14). The fraction of sp³-hybridized carbons (Fsp3) is 0.273. The van der Waals surface area contributed by atoms with E-state index >= 15 is 0 Å². The van der Waals surface area contributed by atoms with Crippen LogP contribution >= 0.6 is 0 Å². The zero-order valence-electron chi connectivity index (χ0n) is 8.82. The van der Waals surface area contributed by atoms with Gasteiger partial charge >= 0.3 is 0 Å². The van der Waals surface area contributed by atoms with Gasteiger partial charge in [0, 0.05) is 31.4 Å². The molecule has 15 heavy (non-hydrogen) atoms. The van der Waals surface area contributed by atoms with E-state index in [1.54, 1.807) is 13.3 Å². The van der Waals surface area contributed by atoms with Crippen molar-refractivity contribution in [3.05, 3.63) is 30.1 Å². The summed E-state index contributed by atoms with van der Waals surface area (Å²) in [5, 5.41) is 4.14. The van der Waals surface area contributed by atoms with Gasteiger partial charge in [-0.15, -0.1) is 0 Å². The number of methoxy groups -OCH3 is 1. The molecule has 78 valence electrons. The summed E-state index contributed by atoms with van der Waals surface area (Å²) in [6, 6.07) is 5.89. The van der Waals surface area contributed by atoms with Crippen molar-refractivity contribution in [3.63, 3.8) is 0 Å². The van der Waals surface area contributed by atoms with Crippen LogP contribution in [0.15, 0.2) is 24.4 Å². The SMILES string of the molecule is CNc1ccnc2nc(COC)ccc12. The number of ether oxygens (including phenoxy) is 1. The number of fused-ring (bicyclic) bond motifs is 1. The minimum Gasteiger partial charge on any atom is -0.387 e. The summed E-state index contributed by atoms with van der Waals surface area (Å²) in [6.07, 6.45) is 1.75. The first-order chi connectivity index (χ1) is 7.35. The molecule has 0 aromatic carbocycles. The molecule has 0 saturated carbocycles. The molecule has 0 saturated heterocycles. The van der Waals surface area contributed by atoms with E-state index < -0.39 is 0 Å². The predicted molar refractivity (Wildman–Crippen MR) is 59.8 cm³/mol. The Morgan fingerprint density at radius 2 is 2.20 bits per heavy atom. The van der Waals surface area contributed by atoms with E-state index in [1.165, 1.54) is 0 Å². The molecule has 2 aromatic heterocycles. The third-order valence-corrected chi connectivity index (χ3v) is 2.22. The van der Waals surface area contributed by atoms with E-state index in [1.807, 2.05) is 25.2 Å². The Balaban J connectivity index is 2.53. The molecule has 0 aliphatic heterocycles. The van der Waals surface area contributed by atoms with Crippen molar-refractivity contribution in [2.24, 2.45) is 0 Å². The highest BCUT2D eigenvalue weighted by molar-refractivity contribution is 5.88. The van der Waals surface area contributed by atoms with Crippen LogP contribution in [0.2, 0.25) is 0 Å². The molecule has 2 aromatic rings. The van der Waals surface area contributed by atoms with Gasteiger partial charge < -0.3 is 10.1 Å². The molecule has 0 radical (unpaired) electrons. The van der Waals surface area contributed by atoms with Gasteiger partial charge in [0.2, 0.25) is 0 Å². The number of aromatic nitrogens is 2. The first-order valence-corrected chi connectivity index (χ1v) is 4.76. The molecule has 4 nitrogen and oxygen atoms in total. The Morgan fingerprint density at radius 3 is 2.93 bits per heavy atom. The molecule has 0 fully saturated rings. The average molecular weight is 203 g/mol. The van der Waals surface area contributed by atoms with E-state index in [9.17, 15) is 0 Å². The van der Waals surface area contributed by atoms with Crippen LogP contribution in [0.1, 0.15) is 5.69 Å². The summed E-state index contributed by atoms with van der Waals surface area (Å²) < 4.78 is 5.03. The third-order valence-electron chi connectivity index (χ3n) is 2.22. The lowest BCUT2D eigenvalue weighted by atomic mass is 10.2. The second kappa shape index (κ2) is 4.23. The van der Waals surface area contributed by atoms with E-state index in [-0.39, 0.29) is 0 Å². The van der Waals surface area contributed by atoms with Gasteiger partial charge in [-0.1, -0.05) is 0 Å². The van der Waals surface area contributed by atoms with Crippen molar-refractivity contribution < 1.29 is 4.74 Å². The van der Waals surface area contributed by atoms with Crippen LogP contribution in [0.4, 0.5) is 5.69 Å². The molecule has 4 heteroatoms. The van der Waals surface area contributed by atoms with Crippen LogP contribution in [0.3, 0.4) is 0 Å². The van der Waals surface area contributed by atoms with E-state index in [0.717, 1.165) is 22.4 Å².